The second-order valence-electron chi connectivity index (χ2n) is 6.96. The molecule has 1 unspecified atom stereocenters. The zero-order chi connectivity index (χ0) is 18.6. The molecule has 1 N–H and O–H groups in total. The van der Waals surface area contributed by atoms with E-state index in [9.17, 15) is 0 Å². The van der Waals surface area contributed by atoms with Gasteiger partial charge >= 0.3 is 0 Å². The van der Waals surface area contributed by atoms with Crippen molar-refractivity contribution in [1.82, 2.24) is 30.1 Å². The minimum absolute atomic E-state index is 0.334. The topological polar surface area (TPSA) is 66.4 Å². The van der Waals surface area contributed by atoms with Crippen molar-refractivity contribution in [3.8, 4) is 5.88 Å². The van der Waals surface area contributed by atoms with E-state index in [0.717, 1.165) is 49.5 Å². The summed E-state index contributed by atoms with van der Waals surface area (Å²) in [6.07, 6.45) is 9.71. The fraction of sp³-hybridized carbons (Fsp3) is 0.450. The number of nitrogens with zero attached hydrogens (tertiary/aromatic N) is 5. The number of likely N-dealkylation sites (N-methyl/N-ethyl adjacent to an activating group) is 2. The Morgan fingerprint density at radius 2 is 2.19 bits per heavy atom. The molecule has 0 amide bonds. The van der Waals surface area contributed by atoms with Gasteiger partial charge in [-0.05, 0) is 12.6 Å². The number of hydrogen-bond acceptors (Lipinski definition) is 7. The summed E-state index contributed by atoms with van der Waals surface area (Å²) >= 11 is 0. The number of hydrogen-bond donors (Lipinski definition) is 1. The minimum Gasteiger partial charge on any atom is -0.474 e. The molecule has 1 fully saturated rings. The maximum absolute atomic E-state index is 6.19. The van der Waals surface area contributed by atoms with Crippen LogP contribution in [0.5, 0.6) is 5.88 Å². The van der Waals surface area contributed by atoms with E-state index < -0.39 is 0 Å². The van der Waals surface area contributed by atoms with E-state index in [0.29, 0.717) is 24.0 Å². The summed E-state index contributed by atoms with van der Waals surface area (Å²) in [6.45, 7) is 7.70. The molecule has 0 spiro atoms. The second kappa shape index (κ2) is 8.02. The quantitative estimate of drug-likeness (QED) is 0.861. The third kappa shape index (κ3) is 3.94. The molecule has 4 heterocycles. The van der Waals surface area contributed by atoms with Gasteiger partial charge in [0.1, 0.15) is 6.61 Å². The van der Waals surface area contributed by atoms with Gasteiger partial charge in [0.05, 0.1) is 17.3 Å². The molecule has 2 aromatic heterocycles. The van der Waals surface area contributed by atoms with Gasteiger partial charge in [0.15, 0.2) is 5.52 Å². The van der Waals surface area contributed by atoms with Gasteiger partial charge in [-0.1, -0.05) is 19.1 Å². The van der Waals surface area contributed by atoms with E-state index in [1.807, 2.05) is 6.07 Å². The molecule has 0 bridgehead atoms. The van der Waals surface area contributed by atoms with Gasteiger partial charge in [0.2, 0.25) is 5.88 Å². The summed E-state index contributed by atoms with van der Waals surface area (Å²) in [5.74, 6) is 0.555. The Morgan fingerprint density at radius 1 is 1.30 bits per heavy atom. The number of allylic oxidation sites excluding steroid dienone is 2. The second-order valence-corrected chi connectivity index (χ2v) is 6.96. The molecule has 0 aromatic carbocycles. The Kier molecular flexibility index (Phi) is 5.31. The number of fused-ring (bicyclic) bond motifs is 1. The first-order chi connectivity index (χ1) is 13.2. The van der Waals surface area contributed by atoms with E-state index in [1.54, 1.807) is 12.4 Å². The molecule has 1 saturated heterocycles. The summed E-state index contributed by atoms with van der Waals surface area (Å²) in [7, 11) is 2.05. The molecule has 4 rings (SSSR count). The van der Waals surface area contributed by atoms with E-state index >= 15 is 0 Å². The summed E-state index contributed by atoms with van der Waals surface area (Å²) in [5, 5.41) is 3.45. The Balaban J connectivity index is 1.63. The smallest absolute Gasteiger partial charge is 0.242 e. The van der Waals surface area contributed by atoms with Crippen LogP contribution in [0.4, 0.5) is 0 Å². The highest BCUT2D eigenvalue weighted by atomic mass is 16.5. The van der Waals surface area contributed by atoms with E-state index in [-0.39, 0.29) is 0 Å². The predicted octanol–water partition coefficient (Wildman–Crippen LogP) is 1.54. The number of rotatable bonds is 5. The zero-order valence-corrected chi connectivity index (χ0v) is 15.9. The Hall–Kier alpha value is -2.51. The monoisotopic (exact) mass is 366 g/mol. The summed E-state index contributed by atoms with van der Waals surface area (Å²) in [4.78, 5) is 18.3. The summed E-state index contributed by atoms with van der Waals surface area (Å²) in [6, 6.07) is 2.31. The lowest BCUT2D eigenvalue weighted by molar-refractivity contribution is 0.114. The lowest BCUT2D eigenvalue weighted by Gasteiger charge is -2.34. The SMILES string of the molecule is CCN1CCNCC1COc1nc(C2=CN(C)CC=C2)cc2nccnc12. The number of pyridine rings is 1. The van der Waals surface area contributed by atoms with Crippen LogP contribution in [-0.2, 0) is 0 Å². The largest absolute Gasteiger partial charge is 0.474 e. The van der Waals surface area contributed by atoms with Gasteiger partial charge in [-0.25, -0.2) is 9.97 Å². The zero-order valence-electron chi connectivity index (χ0n) is 15.9. The number of piperazine rings is 1. The Bertz CT molecular complexity index is 865. The third-order valence-corrected chi connectivity index (χ3v) is 5.06. The van der Waals surface area contributed by atoms with Gasteiger partial charge in [-0.3, -0.25) is 9.88 Å². The fourth-order valence-corrected chi connectivity index (χ4v) is 3.58. The van der Waals surface area contributed by atoms with Crippen molar-refractivity contribution in [2.45, 2.75) is 13.0 Å². The molecule has 2 aliphatic rings. The molecule has 27 heavy (non-hydrogen) atoms. The first-order valence-electron chi connectivity index (χ1n) is 9.53. The van der Waals surface area contributed by atoms with E-state index in [4.69, 9.17) is 9.72 Å². The van der Waals surface area contributed by atoms with Gasteiger partial charge in [0, 0.05) is 57.4 Å². The van der Waals surface area contributed by atoms with Crippen LogP contribution in [0.1, 0.15) is 12.6 Å². The lowest BCUT2D eigenvalue weighted by atomic mass is 10.1. The summed E-state index contributed by atoms with van der Waals surface area (Å²) in [5.41, 5.74) is 3.42. The van der Waals surface area contributed by atoms with Crippen LogP contribution >= 0.6 is 0 Å². The van der Waals surface area contributed by atoms with Crippen LogP contribution in [0.15, 0.2) is 36.8 Å². The first-order valence-corrected chi connectivity index (χ1v) is 9.53. The lowest BCUT2D eigenvalue weighted by Crippen LogP contribution is -2.53. The van der Waals surface area contributed by atoms with Crippen molar-refractivity contribution < 1.29 is 4.74 Å². The van der Waals surface area contributed by atoms with E-state index in [1.165, 1.54) is 0 Å². The van der Waals surface area contributed by atoms with Crippen molar-refractivity contribution in [2.24, 2.45) is 0 Å². The van der Waals surface area contributed by atoms with Gasteiger partial charge in [-0.2, -0.15) is 0 Å². The molecule has 7 nitrogen and oxygen atoms in total. The average Bonchev–Trinajstić information content (AvgIpc) is 2.72. The van der Waals surface area contributed by atoms with Crippen LogP contribution < -0.4 is 10.1 Å². The maximum atomic E-state index is 6.19. The van der Waals surface area contributed by atoms with Gasteiger partial charge in [0.25, 0.3) is 0 Å². The van der Waals surface area contributed by atoms with Crippen molar-refractivity contribution in [3.05, 3.63) is 42.5 Å². The van der Waals surface area contributed by atoms with Crippen molar-refractivity contribution in [2.75, 3.05) is 46.4 Å². The maximum Gasteiger partial charge on any atom is 0.242 e. The number of aromatic nitrogens is 3. The van der Waals surface area contributed by atoms with Crippen LogP contribution in [0.3, 0.4) is 0 Å². The molecule has 142 valence electrons. The van der Waals surface area contributed by atoms with Crippen LogP contribution in [0.2, 0.25) is 0 Å². The standard InChI is InChI=1S/C20H26N6O/c1-3-26-10-8-21-12-16(26)14-27-20-19-18(22-6-7-23-19)11-17(24-20)15-5-4-9-25(2)13-15/h4-7,11,13,16,21H,3,8-10,12,14H2,1-2H3. The molecule has 2 aromatic rings. The fourth-order valence-electron chi connectivity index (χ4n) is 3.58. The summed E-state index contributed by atoms with van der Waals surface area (Å²) < 4.78 is 6.19. The van der Waals surface area contributed by atoms with Crippen molar-refractivity contribution in [3.63, 3.8) is 0 Å². The molecule has 2 aliphatic heterocycles. The Labute approximate surface area is 159 Å². The Morgan fingerprint density at radius 3 is 3.04 bits per heavy atom. The van der Waals surface area contributed by atoms with E-state index in [2.05, 4.69) is 57.4 Å². The highest BCUT2D eigenvalue weighted by molar-refractivity contribution is 5.84. The third-order valence-electron chi connectivity index (χ3n) is 5.06. The number of ether oxygens (including phenoxy) is 1. The predicted molar refractivity (Wildman–Crippen MR) is 106 cm³/mol. The molecule has 0 radical (unpaired) electrons. The molecule has 7 heteroatoms. The minimum atomic E-state index is 0.334. The number of nitrogens with one attached hydrogen (secondary N) is 1. The van der Waals surface area contributed by atoms with Crippen LogP contribution in [0, 0.1) is 0 Å². The average molecular weight is 366 g/mol. The van der Waals surface area contributed by atoms with Crippen LogP contribution in [-0.4, -0.2) is 77.2 Å². The molecule has 1 atom stereocenters. The molecular formula is C20H26N6O. The van der Waals surface area contributed by atoms with Gasteiger partial charge < -0.3 is 15.0 Å². The molecular weight excluding hydrogens is 340 g/mol. The van der Waals surface area contributed by atoms with Gasteiger partial charge in [-0.15, -0.1) is 0 Å². The molecule has 0 saturated carbocycles. The highest BCUT2D eigenvalue weighted by Gasteiger charge is 2.22. The molecule has 0 aliphatic carbocycles. The van der Waals surface area contributed by atoms with Crippen molar-refractivity contribution >= 4 is 16.6 Å². The first kappa shape index (κ1) is 17.9. The van der Waals surface area contributed by atoms with Crippen molar-refractivity contribution in [1.29, 1.82) is 0 Å². The van der Waals surface area contributed by atoms with Crippen LogP contribution in [0.25, 0.3) is 16.6 Å². The highest BCUT2D eigenvalue weighted by Crippen LogP contribution is 2.26. The normalized spacial score (nSPS) is 20.7.